The highest BCUT2D eigenvalue weighted by Gasteiger charge is 2.36. The molecule has 0 heterocycles. The van der Waals surface area contributed by atoms with Crippen molar-refractivity contribution in [2.45, 2.75) is 12.7 Å². The molecule has 14 heavy (non-hydrogen) atoms. The van der Waals surface area contributed by atoms with Gasteiger partial charge in [-0.1, -0.05) is 6.07 Å². The van der Waals surface area contributed by atoms with Crippen LogP contribution in [0.1, 0.15) is 11.1 Å². The van der Waals surface area contributed by atoms with E-state index in [2.05, 4.69) is 15.9 Å². The van der Waals surface area contributed by atoms with E-state index in [-0.39, 0.29) is 16.7 Å². The van der Waals surface area contributed by atoms with Crippen LogP contribution < -0.4 is 11.5 Å². The molecule has 4 N–H and O–H groups in total. The molecule has 0 aliphatic heterocycles. The number of rotatable bonds is 1. The molecule has 0 aromatic heterocycles. The van der Waals surface area contributed by atoms with Crippen LogP contribution in [0.5, 0.6) is 0 Å². The van der Waals surface area contributed by atoms with Crippen molar-refractivity contribution >= 4 is 21.6 Å². The van der Waals surface area contributed by atoms with Gasteiger partial charge in [-0.2, -0.15) is 13.2 Å². The largest absolute Gasteiger partial charge is 0.419 e. The summed E-state index contributed by atoms with van der Waals surface area (Å²) in [6.45, 7) is 0.0317. The number of hydrogen-bond donors (Lipinski definition) is 2. The first-order valence-electron chi connectivity index (χ1n) is 3.72. The molecule has 1 aromatic rings. The van der Waals surface area contributed by atoms with Crippen molar-refractivity contribution in [1.82, 2.24) is 0 Å². The fourth-order valence-electron chi connectivity index (χ4n) is 1.08. The minimum absolute atomic E-state index is 0.0317. The third kappa shape index (κ3) is 2.01. The maximum absolute atomic E-state index is 12.5. The van der Waals surface area contributed by atoms with Crippen molar-refractivity contribution in [2.75, 3.05) is 5.73 Å². The van der Waals surface area contributed by atoms with Crippen molar-refractivity contribution < 1.29 is 13.2 Å². The summed E-state index contributed by atoms with van der Waals surface area (Å²) in [4.78, 5) is 0. The molecule has 1 aromatic carbocycles. The molecular formula is C8H8BrF3N2. The Kier molecular flexibility index (Phi) is 3.06. The summed E-state index contributed by atoms with van der Waals surface area (Å²) >= 11 is 2.85. The van der Waals surface area contributed by atoms with Crippen LogP contribution in [0.3, 0.4) is 0 Å². The fourth-order valence-corrected chi connectivity index (χ4v) is 1.83. The van der Waals surface area contributed by atoms with E-state index in [1.165, 1.54) is 12.1 Å². The van der Waals surface area contributed by atoms with E-state index in [1.807, 2.05) is 0 Å². The van der Waals surface area contributed by atoms with Crippen LogP contribution in [0.15, 0.2) is 16.6 Å². The number of hydrogen-bond acceptors (Lipinski definition) is 2. The van der Waals surface area contributed by atoms with Crippen molar-refractivity contribution in [1.29, 1.82) is 0 Å². The van der Waals surface area contributed by atoms with Gasteiger partial charge in [0.15, 0.2) is 0 Å². The first kappa shape index (κ1) is 11.3. The van der Waals surface area contributed by atoms with E-state index in [1.54, 1.807) is 0 Å². The molecule has 0 radical (unpaired) electrons. The Morgan fingerprint density at radius 3 is 2.29 bits per heavy atom. The Labute approximate surface area is 87.2 Å². The average molecular weight is 269 g/mol. The Balaban J connectivity index is 3.40. The molecule has 0 bridgehead atoms. The monoisotopic (exact) mass is 268 g/mol. The van der Waals surface area contributed by atoms with Gasteiger partial charge >= 0.3 is 6.18 Å². The second-order valence-corrected chi connectivity index (χ2v) is 3.50. The van der Waals surface area contributed by atoms with Crippen molar-refractivity contribution in [2.24, 2.45) is 5.73 Å². The Morgan fingerprint density at radius 1 is 1.29 bits per heavy atom. The number of nitrogen functional groups attached to an aromatic ring is 1. The molecule has 0 saturated heterocycles. The zero-order valence-electron chi connectivity index (χ0n) is 7.03. The molecule has 0 aliphatic carbocycles. The van der Waals surface area contributed by atoms with Crippen molar-refractivity contribution in [3.63, 3.8) is 0 Å². The molecule has 0 aliphatic rings. The molecule has 2 nitrogen and oxygen atoms in total. The summed E-state index contributed by atoms with van der Waals surface area (Å²) in [7, 11) is 0. The minimum atomic E-state index is -4.46. The summed E-state index contributed by atoms with van der Waals surface area (Å²) < 4.78 is 37.3. The Hall–Kier alpha value is -0.750. The van der Waals surface area contributed by atoms with E-state index in [0.717, 1.165) is 0 Å². The maximum atomic E-state index is 12.5. The smallest absolute Gasteiger partial charge is 0.398 e. The molecule has 0 unspecified atom stereocenters. The van der Waals surface area contributed by atoms with Crippen molar-refractivity contribution in [3.8, 4) is 0 Å². The highest BCUT2D eigenvalue weighted by atomic mass is 79.9. The standard InChI is InChI=1S/C8H8BrF3N2/c9-7-4(3-13)1-2-5(14)6(7)8(10,11)12/h1-2H,3,13-14H2. The Morgan fingerprint density at radius 2 is 1.86 bits per heavy atom. The maximum Gasteiger partial charge on any atom is 0.419 e. The lowest BCUT2D eigenvalue weighted by atomic mass is 10.1. The SMILES string of the molecule is NCc1ccc(N)c(C(F)(F)F)c1Br. The van der Waals surface area contributed by atoms with E-state index >= 15 is 0 Å². The van der Waals surface area contributed by atoms with Gasteiger partial charge in [0.05, 0.1) is 5.56 Å². The fraction of sp³-hybridized carbons (Fsp3) is 0.250. The number of alkyl halides is 3. The summed E-state index contributed by atoms with van der Waals surface area (Å²) in [5.74, 6) is 0. The molecule has 0 fully saturated rings. The highest BCUT2D eigenvalue weighted by molar-refractivity contribution is 9.10. The Bertz CT molecular complexity index is 349. The zero-order chi connectivity index (χ0) is 10.9. The molecular weight excluding hydrogens is 261 g/mol. The second kappa shape index (κ2) is 3.78. The number of halogens is 4. The predicted octanol–water partition coefficient (Wildman–Crippen LogP) is 2.51. The van der Waals surface area contributed by atoms with Gasteiger partial charge < -0.3 is 11.5 Å². The number of benzene rings is 1. The summed E-state index contributed by atoms with van der Waals surface area (Å²) in [5.41, 5.74) is 9.73. The van der Waals surface area contributed by atoms with Crippen LogP contribution >= 0.6 is 15.9 Å². The van der Waals surface area contributed by atoms with E-state index < -0.39 is 11.7 Å². The quantitative estimate of drug-likeness (QED) is 0.769. The highest BCUT2D eigenvalue weighted by Crippen LogP contribution is 2.40. The van der Waals surface area contributed by atoms with E-state index in [4.69, 9.17) is 11.5 Å². The molecule has 0 spiro atoms. The summed E-state index contributed by atoms with van der Waals surface area (Å²) in [6, 6.07) is 2.67. The number of anilines is 1. The molecule has 0 atom stereocenters. The van der Waals surface area contributed by atoms with E-state index in [0.29, 0.717) is 5.56 Å². The summed E-state index contributed by atoms with van der Waals surface area (Å²) in [6.07, 6.45) is -4.46. The number of nitrogens with two attached hydrogens (primary N) is 2. The van der Waals surface area contributed by atoms with Gasteiger partial charge in [0.25, 0.3) is 0 Å². The average Bonchev–Trinajstić information content (AvgIpc) is 2.02. The summed E-state index contributed by atoms with van der Waals surface area (Å²) in [5, 5.41) is 0. The molecule has 0 saturated carbocycles. The molecule has 0 amide bonds. The lowest BCUT2D eigenvalue weighted by molar-refractivity contribution is -0.137. The van der Waals surface area contributed by atoms with Gasteiger partial charge in [-0.15, -0.1) is 0 Å². The first-order chi connectivity index (χ1) is 6.38. The molecule has 1 rings (SSSR count). The molecule has 78 valence electrons. The normalized spacial score (nSPS) is 11.8. The van der Waals surface area contributed by atoms with Crippen LogP contribution in [0.2, 0.25) is 0 Å². The van der Waals surface area contributed by atoms with Crippen molar-refractivity contribution in [3.05, 3.63) is 27.7 Å². The molecule has 6 heteroatoms. The van der Waals surface area contributed by atoms with Crippen LogP contribution in [0.25, 0.3) is 0 Å². The van der Waals surface area contributed by atoms with Gasteiger partial charge in [-0.3, -0.25) is 0 Å². The van der Waals surface area contributed by atoms with Crippen LogP contribution in [0, 0.1) is 0 Å². The van der Waals surface area contributed by atoms with Gasteiger partial charge in [0.1, 0.15) is 0 Å². The van der Waals surface area contributed by atoms with Crippen LogP contribution in [-0.4, -0.2) is 0 Å². The van der Waals surface area contributed by atoms with Gasteiger partial charge in [-0.05, 0) is 27.6 Å². The van der Waals surface area contributed by atoms with Crippen LogP contribution in [-0.2, 0) is 12.7 Å². The van der Waals surface area contributed by atoms with Gasteiger partial charge in [0.2, 0.25) is 0 Å². The van der Waals surface area contributed by atoms with Crippen LogP contribution in [0.4, 0.5) is 18.9 Å². The van der Waals surface area contributed by atoms with E-state index in [9.17, 15) is 13.2 Å². The van der Waals surface area contributed by atoms with Gasteiger partial charge in [0, 0.05) is 16.7 Å². The zero-order valence-corrected chi connectivity index (χ0v) is 8.61. The predicted molar refractivity (Wildman–Crippen MR) is 51.4 cm³/mol. The second-order valence-electron chi connectivity index (χ2n) is 2.70. The van der Waals surface area contributed by atoms with Gasteiger partial charge in [-0.25, -0.2) is 0 Å². The topological polar surface area (TPSA) is 52.0 Å². The first-order valence-corrected chi connectivity index (χ1v) is 4.51. The minimum Gasteiger partial charge on any atom is -0.398 e. The lowest BCUT2D eigenvalue weighted by Gasteiger charge is -2.14. The third-order valence-electron chi connectivity index (χ3n) is 1.76. The third-order valence-corrected chi connectivity index (χ3v) is 2.66. The lowest BCUT2D eigenvalue weighted by Crippen LogP contribution is -2.12.